The van der Waals surface area contributed by atoms with E-state index in [9.17, 15) is 4.79 Å². The van der Waals surface area contributed by atoms with Crippen molar-refractivity contribution in [3.05, 3.63) is 64.2 Å². The SMILES string of the molecule is Cc1ccc(C(C)C)cc1OC(=O)c1ccc(Cl)cc1. The first-order valence-corrected chi connectivity index (χ1v) is 6.93. The normalized spacial score (nSPS) is 10.7. The number of carbonyl (C=O) groups excluding carboxylic acids is 1. The fourth-order valence-corrected chi connectivity index (χ4v) is 1.96. The Bertz CT molecular complexity index is 615. The molecule has 0 aliphatic rings. The van der Waals surface area contributed by atoms with Crippen LogP contribution in [0.1, 0.15) is 41.3 Å². The van der Waals surface area contributed by atoms with Gasteiger partial charge in [-0.25, -0.2) is 4.79 Å². The zero-order chi connectivity index (χ0) is 14.7. The second kappa shape index (κ2) is 6.10. The Labute approximate surface area is 124 Å². The second-order valence-electron chi connectivity index (χ2n) is 5.08. The number of esters is 1. The van der Waals surface area contributed by atoms with Gasteiger partial charge < -0.3 is 4.74 Å². The van der Waals surface area contributed by atoms with E-state index in [1.54, 1.807) is 24.3 Å². The van der Waals surface area contributed by atoms with Crippen molar-refractivity contribution in [2.45, 2.75) is 26.7 Å². The molecule has 2 aromatic carbocycles. The summed E-state index contributed by atoms with van der Waals surface area (Å²) in [6.45, 7) is 6.14. The van der Waals surface area contributed by atoms with Crippen molar-refractivity contribution in [2.24, 2.45) is 0 Å². The number of ether oxygens (including phenoxy) is 1. The molecule has 20 heavy (non-hydrogen) atoms. The summed E-state index contributed by atoms with van der Waals surface area (Å²) in [6, 6.07) is 12.6. The summed E-state index contributed by atoms with van der Waals surface area (Å²) in [5, 5.41) is 0.597. The fraction of sp³-hybridized carbons (Fsp3) is 0.235. The van der Waals surface area contributed by atoms with Gasteiger partial charge in [0.15, 0.2) is 0 Å². The number of hydrogen-bond donors (Lipinski definition) is 0. The van der Waals surface area contributed by atoms with Crippen LogP contribution in [0.3, 0.4) is 0 Å². The zero-order valence-corrected chi connectivity index (χ0v) is 12.6. The third kappa shape index (κ3) is 3.40. The number of carbonyl (C=O) groups is 1. The van der Waals surface area contributed by atoms with Gasteiger partial charge >= 0.3 is 5.97 Å². The van der Waals surface area contributed by atoms with E-state index in [2.05, 4.69) is 19.9 Å². The average molecular weight is 289 g/mol. The van der Waals surface area contributed by atoms with E-state index in [0.29, 0.717) is 22.3 Å². The maximum atomic E-state index is 12.1. The van der Waals surface area contributed by atoms with Crippen LogP contribution in [0.15, 0.2) is 42.5 Å². The van der Waals surface area contributed by atoms with Crippen LogP contribution in [-0.2, 0) is 0 Å². The molecule has 0 unspecified atom stereocenters. The molecule has 0 radical (unpaired) electrons. The summed E-state index contributed by atoms with van der Waals surface area (Å²) < 4.78 is 5.48. The highest BCUT2D eigenvalue weighted by Gasteiger charge is 2.11. The molecule has 2 aromatic rings. The summed E-state index contributed by atoms with van der Waals surface area (Å²) in [5.41, 5.74) is 2.58. The van der Waals surface area contributed by atoms with Crippen molar-refractivity contribution in [2.75, 3.05) is 0 Å². The lowest BCUT2D eigenvalue weighted by atomic mass is 10.0. The number of hydrogen-bond acceptors (Lipinski definition) is 2. The quantitative estimate of drug-likeness (QED) is 0.587. The lowest BCUT2D eigenvalue weighted by Crippen LogP contribution is -2.09. The third-order valence-electron chi connectivity index (χ3n) is 3.16. The largest absolute Gasteiger partial charge is 0.423 e. The molecule has 0 bridgehead atoms. The molecule has 0 atom stereocenters. The Hall–Kier alpha value is -1.80. The van der Waals surface area contributed by atoms with E-state index in [-0.39, 0.29) is 5.97 Å². The topological polar surface area (TPSA) is 26.3 Å². The van der Waals surface area contributed by atoms with Gasteiger partial charge in [0.2, 0.25) is 0 Å². The molecule has 0 fully saturated rings. The summed E-state index contributed by atoms with van der Waals surface area (Å²) in [6.07, 6.45) is 0. The van der Waals surface area contributed by atoms with Crippen LogP contribution < -0.4 is 4.74 Å². The Morgan fingerprint density at radius 1 is 1.10 bits per heavy atom. The number of halogens is 1. The summed E-state index contributed by atoms with van der Waals surface area (Å²) in [5.74, 6) is 0.630. The van der Waals surface area contributed by atoms with E-state index in [0.717, 1.165) is 11.1 Å². The van der Waals surface area contributed by atoms with E-state index < -0.39 is 0 Å². The molecule has 0 aromatic heterocycles. The van der Waals surface area contributed by atoms with E-state index in [1.165, 1.54) is 0 Å². The highest BCUT2D eigenvalue weighted by molar-refractivity contribution is 6.30. The van der Waals surface area contributed by atoms with Crippen LogP contribution in [0.4, 0.5) is 0 Å². The minimum absolute atomic E-state index is 0.370. The monoisotopic (exact) mass is 288 g/mol. The van der Waals surface area contributed by atoms with Crippen molar-refractivity contribution in [1.29, 1.82) is 0 Å². The molecule has 0 N–H and O–H groups in total. The molecule has 3 heteroatoms. The standard InChI is InChI=1S/C17H17ClO2/c1-11(2)14-5-4-12(3)16(10-14)20-17(19)13-6-8-15(18)9-7-13/h4-11H,1-3H3. The summed E-state index contributed by atoms with van der Waals surface area (Å²) in [4.78, 5) is 12.1. The van der Waals surface area contributed by atoms with Crippen LogP contribution in [0.2, 0.25) is 5.02 Å². The Balaban J connectivity index is 2.23. The van der Waals surface area contributed by atoms with Crippen LogP contribution >= 0.6 is 11.6 Å². The van der Waals surface area contributed by atoms with Gasteiger partial charge in [-0.15, -0.1) is 0 Å². The number of aryl methyl sites for hydroxylation is 1. The smallest absolute Gasteiger partial charge is 0.343 e. The van der Waals surface area contributed by atoms with E-state index in [4.69, 9.17) is 16.3 Å². The number of rotatable bonds is 3. The maximum absolute atomic E-state index is 12.1. The predicted octanol–water partition coefficient (Wildman–Crippen LogP) is 4.99. The Kier molecular flexibility index (Phi) is 4.46. The minimum Gasteiger partial charge on any atom is -0.423 e. The molecule has 104 valence electrons. The minimum atomic E-state index is -0.370. The van der Waals surface area contributed by atoms with Gasteiger partial charge in [0, 0.05) is 5.02 Å². The maximum Gasteiger partial charge on any atom is 0.343 e. The van der Waals surface area contributed by atoms with Crippen LogP contribution in [0.5, 0.6) is 5.75 Å². The van der Waals surface area contributed by atoms with Gasteiger partial charge in [-0.2, -0.15) is 0 Å². The first-order valence-electron chi connectivity index (χ1n) is 6.55. The molecule has 2 rings (SSSR count). The lowest BCUT2D eigenvalue weighted by molar-refractivity contribution is 0.0733. The highest BCUT2D eigenvalue weighted by Crippen LogP contribution is 2.25. The van der Waals surface area contributed by atoms with Gasteiger partial charge in [0.1, 0.15) is 5.75 Å². The van der Waals surface area contributed by atoms with Gasteiger partial charge in [-0.3, -0.25) is 0 Å². The fourth-order valence-electron chi connectivity index (χ4n) is 1.83. The zero-order valence-electron chi connectivity index (χ0n) is 11.8. The third-order valence-corrected chi connectivity index (χ3v) is 3.41. The molecule has 0 saturated carbocycles. The van der Waals surface area contributed by atoms with Crippen LogP contribution in [-0.4, -0.2) is 5.97 Å². The average Bonchev–Trinajstić information content (AvgIpc) is 2.41. The van der Waals surface area contributed by atoms with Crippen molar-refractivity contribution in [3.63, 3.8) is 0 Å². The molecule has 0 heterocycles. The Morgan fingerprint density at radius 2 is 1.75 bits per heavy atom. The first kappa shape index (κ1) is 14.6. The van der Waals surface area contributed by atoms with Gasteiger partial charge in [-0.05, 0) is 54.3 Å². The predicted molar refractivity (Wildman–Crippen MR) is 81.7 cm³/mol. The first-order chi connectivity index (χ1) is 9.47. The second-order valence-corrected chi connectivity index (χ2v) is 5.51. The molecule has 0 spiro atoms. The van der Waals surface area contributed by atoms with Crippen LogP contribution in [0.25, 0.3) is 0 Å². The van der Waals surface area contributed by atoms with Gasteiger partial charge in [0.05, 0.1) is 5.56 Å². The highest BCUT2D eigenvalue weighted by atomic mass is 35.5. The van der Waals surface area contributed by atoms with Crippen molar-refractivity contribution in [3.8, 4) is 5.75 Å². The van der Waals surface area contributed by atoms with E-state index >= 15 is 0 Å². The van der Waals surface area contributed by atoms with Gasteiger partial charge in [-0.1, -0.05) is 37.6 Å². The molecule has 2 nitrogen and oxygen atoms in total. The Morgan fingerprint density at radius 3 is 2.35 bits per heavy atom. The molecule has 0 amide bonds. The van der Waals surface area contributed by atoms with Crippen LogP contribution in [0, 0.1) is 6.92 Å². The summed E-state index contributed by atoms with van der Waals surface area (Å²) >= 11 is 5.81. The number of benzene rings is 2. The van der Waals surface area contributed by atoms with Gasteiger partial charge in [0.25, 0.3) is 0 Å². The van der Waals surface area contributed by atoms with Crippen molar-refractivity contribution in [1.82, 2.24) is 0 Å². The van der Waals surface area contributed by atoms with Crippen molar-refractivity contribution < 1.29 is 9.53 Å². The van der Waals surface area contributed by atoms with Crippen molar-refractivity contribution >= 4 is 17.6 Å². The molecule has 0 aliphatic carbocycles. The van der Waals surface area contributed by atoms with E-state index in [1.807, 2.05) is 19.1 Å². The molecule has 0 aliphatic heterocycles. The lowest BCUT2D eigenvalue weighted by Gasteiger charge is -2.11. The molecule has 0 saturated heterocycles. The summed E-state index contributed by atoms with van der Waals surface area (Å²) in [7, 11) is 0. The molecular formula is C17H17ClO2. The molecular weight excluding hydrogens is 272 g/mol.